The number of amides is 1. The topological polar surface area (TPSA) is 46.1 Å². The lowest BCUT2D eigenvalue weighted by Gasteiger charge is -2.32. The highest BCUT2D eigenvalue weighted by Gasteiger charge is 2.30. The summed E-state index contributed by atoms with van der Waals surface area (Å²) in [5, 5.41) is 0. The summed E-state index contributed by atoms with van der Waals surface area (Å²) in [5.41, 5.74) is 4.17. The molecule has 1 aliphatic heterocycles. The van der Waals surface area contributed by atoms with E-state index in [2.05, 4.69) is 9.97 Å². The molecular formula is C23H22F3N3OS. The van der Waals surface area contributed by atoms with Gasteiger partial charge in [-0.25, -0.2) is 4.98 Å². The second-order valence-corrected chi connectivity index (χ2v) is 8.68. The third kappa shape index (κ3) is 4.95. The fourth-order valence-electron chi connectivity index (χ4n) is 3.93. The van der Waals surface area contributed by atoms with Crippen molar-refractivity contribution in [1.29, 1.82) is 0 Å². The van der Waals surface area contributed by atoms with E-state index in [0.717, 1.165) is 42.4 Å². The zero-order valence-corrected chi connectivity index (χ0v) is 17.8. The third-order valence-electron chi connectivity index (χ3n) is 5.58. The largest absolute Gasteiger partial charge is 0.416 e. The van der Waals surface area contributed by atoms with Crippen molar-refractivity contribution in [3.63, 3.8) is 0 Å². The number of piperidine rings is 1. The highest BCUT2D eigenvalue weighted by molar-refractivity contribution is 7.11. The summed E-state index contributed by atoms with van der Waals surface area (Å²) in [6.45, 7) is 3.17. The van der Waals surface area contributed by atoms with Crippen LogP contribution in [0.15, 0.2) is 48.1 Å². The van der Waals surface area contributed by atoms with Gasteiger partial charge in [-0.2, -0.15) is 13.2 Å². The average molecular weight is 446 g/mol. The van der Waals surface area contributed by atoms with Gasteiger partial charge in [0.25, 0.3) is 5.91 Å². The van der Waals surface area contributed by atoms with Gasteiger partial charge in [0.15, 0.2) is 0 Å². The molecule has 3 aromatic rings. The van der Waals surface area contributed by atoms with Gasteiger partial charge in [-0.05, 0) is 49.4 Å². The van der Waals surface area contributed by atoms with Crippen LogP contribution in [0.1, 0.15) is 56.5 Å². The standard InChI is InChI=1S/C23H22F3N3OS/c1-15-21(31-14-28-15)22(30)29-9-3-5-18(13-29)20-8-7-17(12-27-20)10-16-4-2-6-19(11-16)23(24,25)26/h2,4,6-8,11-12,14,18H,3,5,9-10,13H2,1H3. The molecule has 3 heterocycles. The van der Waals surface area contributed by atoms with Gasteiger partial charge < -0.3 is 4.90 Å². The lowest BCUT2D eigenvalue weighted by Crippen LogP contribution is -2.39. The van der Waals surface area contributed by atoms with E-state index in [-0.39, 0.29) is 11.8 Å². The van der Waals surface area contributed by atoms with Gasteiger partial charge in [0.1, 0.15) is 4.88 Å². The number of halogens is 3. The van der Waals surface area contributed by atoms with Gasteiger partial charge in [-0.3, -0.25) is 9.78 Å². The van der Waals surface area contributed by atoms with Gasteiger partial charge in [-0.15, -0.1) is 11.3 Å². The maximum Gasteiger partial charge on any atom is 0.416 e. The first-order chi connectivity index (χ1) is 14.8. The number of thiazole rings is 1. The molecule has 0 radical (unpaired) electrons. The van der Waals surface area contributed by atoms with Crippen LogP contribution in [0.2, 0.25) is 0 Å². The van der Waals surface area contributed by atoms with Gasteiger partial charge in [-0.1, -0.05) is 24.3 Å². The molecule has 0 aliphatic carbocycles. The van der Waals surface area contributed by atoms with Crippen molar-refractivity contribution in [3.05, 3.63) is 81.1 Å². The van der Waals surface area contributed by atoms with Crippen LogP contribution < -0.4 is 0 Å². The molecule has 4 rings (SSSR count). The van der Waals surface area contributed by atoms with Gasteiger partial charge >= 0.3 is 6.18 Å². The van der Waals surface area contributed by atoms with Crippen LogP contribution in [-0.2, 0) is 12.6 Å². The third-order valence-corrected chi connectivity index (χ3v) is 6.49. The Bertz CT molecular complexity index is 1060. The molecule has 2 aromatic heterocycles. The van der Waals surface area contributed by atoms with Crippen LogP contribution in [-0.4, -0.2) is 33.9 Å². The SMILES string of the molecule is Cc1ncsc1C(=O)N1CCCC(c2ccc(Cc3cccc(C(F)(F)F)c3)cn2)C1. The number of hydrogen-bond donors (Lipinski definition) is 0. The number of carbonyl (C=O) groups excluding carboxylic acids is 1. The zero-order chi connectivity index (χ0) is 22.0. The first-order valence-electron chi connectivity index (χ1n) is 10.1. The molecule has 1 aromatic carbocycles. The summed E-state index contributed by atoms with van der Waals surface area (Å²) in [7, 11) is 0. The molecule has 1 saturated heterocycles. The second-order valence-electron chi connectivity index (χ2n) is 7.82. The predicted molar refractivity (Wildman–Crippen MR) is 113 cm³/mol. The first-order valence-corrected chi connectivity index (χ1v) is 11.0. The summed E-state index contributed by atoms with van der Waals surface area (Å²) < 4.78 is 38.8. The van der Waals surface area contributed by atoms with E-state index < -0.39 is 11.7 Å². The van der Waals surface area contributed by atoms with Crippen molar-refractivity contribution < 1.29 is 18.0 Å². The van der Waals surface area contributed by atoms with E-state index in [0.29, 0.717) is 23.4 Å². The van der Waals surface area contributed by atoms with E-state index in [1.54, 1.807) is 17.8 Å². The van der Waals surface area contributed by atoms with Crippen molar-refractivity contribution in [1.82, 2.24) is 14.9 Å². The number of hydrogen-bond acceptors (Lipinski definition) is 4. The Kier molecular flexibility index (Phi) is 6.09. The molecule has 8 heteroatoms. The second kappa shape index (κ2) is 8.78. The number of nitrogens with zero attached hydrogens (tertiary/aromatic N) is 3. The minimum atomic E-state index is -4.35. The minimum Gasteiger partial charge on any atom is -0.337 e. The number of aromatic nitrogens is 2. The Balaban J connectivity index is 1.43. The van der Waals surface area contributed by atoms with Crippen LogP contribution in [0.3, 0.4) is 0 Å². The number of aryl methyl sites for hydroxylation is 1. The van der Waals surface area contributed by atoms with Crippen LogP contribution in [0, 0.1) is 6.92 Å². The highest BCUT2D eigenvalue weighted by Crippen LogP contribution is 2.31. The van der Waals surface area contributed by atoms with Gasteiger partial charge in [0.2, 0.25) is 0 Å². The van der Waals surface area contributed by atoms with Crippen LogP contribution in [0.25, 0.3) is 0 Å². The summed E-state index contributed by atoms with van der Waals surface area (Å²) in [5.74, 6) is 0.166. The number of likely N-dealkylation sites (tertiary alicyclic amines) is 1. The van der Waals surface area contributed by atoms with Crippen molar-refractivity contribution >= 4 is 17.2 Å². The fraction of sp³-hybridized carbons (Fsp3) is 0.348. The summed E-state index contributed by atoms with van der Waals surface area (Å²) in [6, 6.07) is 9.22. The lowest BCUT2D eigenvalue weighted by molar-refractivity contribution is -0.137. The highest BCUT2D eigenvalue weighted by atomic mass is 32.1. The van der Waals surface area contributed by atoms with Crippen LogP contribution >= 0.6 is 11.3 Å². The summed E-state index contributed by atoms with van der Waals surface area (Å²) >= 11 is 1.37. The number of alkyl halides is 3. The Morgan fingerprint density at radius 2 is 2.03 bits per heavy atom. The smallest absolute Gasteiger partial charge is 0.337 e. The molecule has 0 N–H and O–H groups in total. The van der Waals surface area contributed by atoms with Gasteiger partial charge in [0, 0.05) is 30.9 Å². The van der Waals surface area contributed by atoms with Crippen molar-refractivity contribution in [2.75, 3.05) is 13.1 Å². The molecule has 1 fully saturated rings. The van der Waals surface area contributed by atoms with E-state index in [9.17, 15) is 18.0 Å². The molecule has 162 valence electrons. The molecule has 4 nitrogen and oxygen atoms in total. The zero-order valence-electron chi connectivity index (χ0n) is 17.0. The molecule has 1 unspecified atom stereocenters. The monoisotopic (exact) mass is 445 g/mol. The molecule has 31 heavy (non-hydrogen) atoms. The normalized spacial score (nSPS) is 17.0. The number of rotatable bonds is 4. The van der Waals surface area contributed by atoms with Crippen LogP contribution in [0.4, 0.5) is 13.2 Å². The van der Waals surface area contributed by atoms with Gasteiger partial charge in [0.05, 0.1) is 16.8 Å². The Morgan fingerprint density at radius 3 is 2.71 bits per heavy atom. The Hall–Kier alpha value is -2.74. The molecule has 1 atom stereocenters. The van der Waals surface area contributed by atoms with E-state index in [1.807, 2.05) is 24.0 Å². The summed E-state index contributed by atoms with van der Waals surface area (Å²) in [6.07, 6.45) is -0.381. The lowest BCUT2D eigenvalue weighted by atomic mass is 9.93. The average Bonchev–Trinajstić information content (AvgIpc) is 3.19. The van der Waals surface area contributed by atoms with Crippen LogP contribution in [0.5, 0.6) is 0 Å². The Labute approximate surface area is 182 Å². The number of pyridine rings is 1. The number of carbonyl (C=O) groups is 1. The van der Waals surface area contributed by atoms with E-state index in [1.165, 1.54) is 23.5 Å². The molecule has 1 amide bonds. The first kappa shape index (κ1) is 21.5. The fourth-order valence-corrected chi connectivity index (χ4v) is 4.70. The molecule has 0 bridgehead atoms. The Morgan fingerprint density at radius 1 is 1.19 bits per heavy atom. The minimum absolute atomic E-state index is 0.0193. The van der Waals surface area contributed by atoms with Crippen molar-refractivity contribution in [3.8, 4) is 0 Å². The van der Waals surface area contributed by atoms with Crippen molar-refractivity contribution in [2.45, 2.75) is 38.3 Å². The molecule has 0 saturated carbocycles. The molecule has 1 aliphatic rings. The summed E-state index contributed by atoms with van der Waals surface area (Å²) in [4.78, 5) is 24.1. The quantitative estimate of drug-likeness (QED) is 0.535. The molecule has 0 spiro atoms. The maximum atomic E-state index is 12.9. The maximum absolute atomic E-state index is 12.9. The molecular weight excluding hydrogens is 423 g/mol. The van der Waals surface area contributed by atoms with E-state index >= 15 is 0 Å². The predicted octanol–water partition coefficient (Wildman–Crippen LogP) is 5.48. The van der Waals surface area contributed by atoms with Crippen molar-refractivity contribution in [2.24, 2.45) is 0 Å². The van der Waals surface area contributed by atoms with E-state index in [4.69, 9.17) is 0 Å². The number of benzene rings is 1.